The summed E-state index contributed by atoms with van der Waals surface area (Å²) < 4.78 is 2.08. The monoisotopic (exact) mass is 447 g/mol. The van der Waals surface area contributed by atoms with Gasteiger partial charge in [-0.15, -0.1) is 11.3 Å². The van der Waals surface area contributed by atoms with E-state index in [2.05, 4.69) is 16.5 Å². The Morgan fingerprint density at radius 2 is 1.71 bits per heavy atom. The third-order valence-electron chi connectivity index (χ3n) is 4.47. The van der Waals surface area contributed by atoms with Crippen molar-refractivity contribution in [1.29, 1.82) is 0 Å². The Kier molecular flexibility index (Phi) is 5.48. The topological polar surface area (TPSA) is 30.7 Å². The Bertz CT molecular complexity index is 1150. The summed E-state index contributed by atoms with van der Waals surface area (Å²) in [6.45, 7) is 4.16. The van der Waals surface area contributed by atoms with Gasteiger partial charge in [0.25, 0.3) is 0 Å². The van der Waals surface area contributed by atoms with Crippen molar-refractivity contribution in [3.63, 3.8) is 0 Å². The number of rotatable bonds is 4. The van der Waals surface area contributed by atoms with Gasteiger partial charge in [-0.25, -0.2) is 9.97 Å². The highest BCUT2D eigenvalue weighted by molar-refractivity contribution is 7.15. The van der Waals surface area contributed by atoms with Crippen LogP contribution < -0.4 is 0 Å². The Morgan fingerprint density at radius 1 is 1.00 bits per heavy atom. The van der Waals surface area contributed by atoms with E-state index in [0.29, 0.717) is 15.1 Å². The molecule has 0 atom stereocenters. The molecular weight excluding hydrogens is 433 g/mol. The van der Waals surface area contributed by atoms with Gasteiger partial charge in [0.05, 0.1) is 10.7 Å². The van der Waals surface area contributed by atoms with Crippen molar-refractivity contribution >= 4 is 46.1 Å². The van der Waals surface area contributed by atoms with Gasteiger partial charge in [-0.2, -0.15) is 0 Å². The Morgan fingerprint density at radius 3 is 2.36 bits per heavy atom. The number of thiazole rings is 1. The number of aryl methyl sites for hydroxylation is 1. The molecule has 4 aromatic rings. The van der Waals surface area contributed by atoms with Crippen molar-refractivity contribution in [2.24, 2.45) is 0 Å². The van der Waals surface area contributed by atoms with Crippen molar-refractivity contribution in [3.05, 3.63) is 74.3 Å². The molecule has 0 saturated heterocycles. The average molecular weight is 449 g/mol. The first kappa shape index (κ1) is 19.5. The van der Waals surface area contributed by atoms with Crippen LogP contribution in [0.15, 0.2) is 48.7 Å². The van der Waals surface area contributed by atoms with Gasteiger partial charge in [-0.1, -0.05) is 41.7 Å². The van der Waals surface area contributed by atoms with Gasteiger partial charge in [0.15, 0.2) is 0 Å². The van der Waals surface area contributed by atoms with Crippen LogP contribution in [0.1, 0.15) is 17.5 Å². The molecule has 0 N–H and O–H groups in total. The second-order valence-corrected chi connectivity index (χ2v) is 8.69. The quantitative estimate of drug-likeness (QED) is 0.324. The molecule has 28 heavy (non-hydrogen) atoms. The molecule has 0 bridgehead atoms. The van der Waals surface area contributed by atoms with Crippen LogP contribution in [0.5, 0.6) is 0 Å². The molecule has 4 rings (SSSR count). The molecule has 2 aromatic carbocycles. The minimum absolute atomic E-state index is 0.549. The lowest BCUT2D eigenvalue weighted by atomic mass is 10.2. The number of hydrogen-bond donors (Lipinski definition) is 0. The molecule has 0 saturated carbocycles. The van der Waals surface area contributed by atoms with E-state index in [1.54, 1.807) is 17.4 Å². The van der Waals surface area contributed by atoms with Gasteiger partial charge >= 0.3 is 0 Å². The Balaban J connectivity index is 1.97. The molecule has 0 aliphatic carbocycles. The van der Waals surface area contributed by atoms with E-state index in [1.807, 2.05) is 49.5 Å². The maximum atomic E-state index is 6.51. The summed E-state index contributed by atoms with van der Waals surface area (Å²) >= 11 is 20.4. The third-order valence-corrected chi connectivity index (χ3v) is 6.42. The molecule has 0 radical (unpaired) electrons. The zero-order valence-corrected chi connectivity index (χ0v) is 18.3. The molecule has 0 aliphatic heterocycles. The number of aromatic nitrogens is 3. The maximum absolute atomic E-state index is 6.51. The summed E-state index contributed by atoms with van der Waals surface area (Å²) in [6, 6.07) is 13.1. The van der Waals surface area contributed by atoms with Crippen LogP contribution in [0.25, 0.3) is 27.8 Å². The molecule has 0 amide bonds. The zero-order chi connectivity index (χ0) is 19.8. The molecular formula is C21H16Cl3N3S. The summed E-state index contributed by atoms with van der Waals surface area (Å²) in [5, 5.41) is 2.71. The van der Waals surface area contributed by atoms with Crippen molar-refractivity contribution in [1.82, 2.24) is 14.5 Å². The van der Waals surface area contributed by atoms with Gasteiger partial charge < -0.3 is 0 Å². The number of imidazole rings is 1. The molecule has 2 aromatic heterocycles. The Labute approximate surface area is 182 Å². The standard InChI is InChI=1S/C21H16Cl3N3S/c1-3-16-11-25-21(28-16)19-12(2)27(15-7-4-13(22)5-8-15)20(26-19)17-9-6-14(23)10-18(17)24/h4-11H,3H2,1-2H3. The highest BCUT2D eigenvalue weighted by atomic mass is 35.5. The van der Waals surface area contributed by atoms with Gasteiger partial charge in [0, 0.05) is 32.4 Å². The van der Waals surface area contributed by atoms with Crippen molar-refractivity contribution < 1.29 is 0 Å². The van der Waals surface area contributed by atoms with E-state index < -0.39 is 0 Å². The average Bonchev–Trinajstić information content (AvgIpc) is 3.27. The highest BCUT2D eigenvalue weighted by Crippen LogP contribution is 2.37. The summed E-state index contributed by atoms with van der Waals surface area (Å²) in [4.78, 5) is 10.7. The first-order valence-corrected chi connectivity index (χ1v) is 10.7. The SMILES string of the molecule is CCc1cnc(-c2nc(-c3ccc(Cl)cc3Cl)n(-c3ccc(Cl)cc3)c2C)s1. The van der Waals surface area contributed by atoms with E-state index in [4.69, 9.17) is 39.8 Å². The number of benzene rings is 2. The summed E-state index contributed by atoms with van der Waals surface area (Å²) in [7, 11) is 0. The van der Waals surface area contributed by atoms with E-state index >= 15 is 0 Å². The van der Waals surface area contributed by atoms with E-state index in [-0.39, 0.29) is 0 Å². The van der Waals surface area contributed by atoms with Crippen LogP contribution in [0.3, 0.4) is 0 Å². The van der Waals surface area contributed by atoms with Crippen LogP contribution in [0, 0.1) is 6.92 Å². The van der Waals surface area contributed by atoms with Gasteiger partial charge in [0.2, 0.25) is 0 Å². The molecule has 0 spiro atoms. The first-order chi connectivity index (χ1) is 13.5. The maximum Gasteiger partial charge on any atom is 0.147 e. The largest absolute Gasteiger partial charge is 0.296 e. The fraction of sp³-hybridized carbons (Fsp3) is 0.143. The third kappa shape index (κ3) is 3.58. The molecule has 7 heteroatoms. The molecule has 0 fully saturated rings. The number of hydrogen-bond acceptors (Lipinski definition) is 3. The number of nitrogens with zero attached hydrogens (tertiary/aromatic N) is 3. The van der Waals surface area contributed by atoms with Crippen molar-refractivity contribution in [3.8, 4) is 27.8 Å². The van der Waals surface area contributed by atoms with E-state index in [0.717, 1.165) is 39.9 Å². The smallest absolute Gasteiger partial charge is 0.147 e. The van der Waals surface area contributed by atoms with Gasteiger partial charge in [-0.05, 0) is 55.8 Å². The van der Waals surface area contributed by atoms with Crippen molar-refractivity contribution in [2.75, 3.05) is 0 Å². The minimum Gasteiger partial charge on any atom is -0.296 e. The summed E-state index contributed by atoms with van der Waals surface area (Å²) in [5.41, 5.74) is 3.59. The zero-order valence-electron chi connectivity index (χ0n) is 15.2. The normalized spacial score (nSPS) is 11.2. The molecule has 142 valence electrons. The van der Waals surface area contributed by atoms with Crippen molar-refractivity contribution in [2.45, 2.75) is 20.3 Å². The fourth-order valence-corrected chi connectivity index (χ4v) is 4.55. The lowest BCUT2D eigenvalue weighted by Crippen LogP contribution is -2.00. The van der Waals surface area contributed by atoms with Gasteiger partial charge in [-0.3, -0.25) is 4.57 Å². The van der Waals surface area contributed by atoms with Crippen LogP contribution >= 0.6 is 46.1 Å². The second kappa shape index (κ2) is 7.88. The predicted molar refractivity (Wildman–Crippen MR) is 119 cm³/mol. The lowest BCUT2D eigenvalue weighted by Gasteiger charge is -2.12. The highest BCUT2D eigenvalue weighted by Gasteiger charge is 2.21. The molecule has 0 unspecified atom stereocenters. The first-order valence-electron chi connectivity index (χ1n) is 8.73. The molecule has 0 aliphatic rings. The van der Waals surface area contributed by atoms with Crippen LogP contribution in [-0.4, -0.2) is 14.5 Å². The van der Waals surface area contributed by atoms with Crippen LogP contribution in [-0.2, 0) is 6.42 Å². The summed E-state index contributed by atoms with van der Waals surface area (Å²) in [5.74, 6) is 0.740. The Hall–Kier alpha value is -1.85. The fourth-order valence-electron chi connectivity index (χ4n) is 3.04. The van der Waals surface area contributed by atoms with E-state index in [9.17, 15) is 0 Å². The second-order valence-electron chi connectivity index (χ2n) is 6.29. The lowest BCUT2D eigenvalue weighted by molar-refractivity contribution is 1.01. The van der Waals surface area contributed by atoms with E-state index in [1.165, 1.54) is 4.88 Å². The van der Waals surface area contributed by atoms with Crippen LogP contribution in [0.2, 0.25) is 15.1 Å². The minimum atomic E-state index is 0.549. The number of halogens is 3. The molecule has 2 heterocycles. The predicted octanol–water partition coefficient (Wildman–Crippen LogP) is 7.49. The molecule has 3 nitrogen and oxygen atoms in total. The van der Waals surface area contributed by atoms with Gasteiger partial charge in [0.1, 0.15) is 16.5 Å². The summed E-state index contributed by atoms with van der Waals surface area (Å²) in [6.07, 6.45) is 2.86. The van der Waals surface area contributed by atoms with Crippen LogP contribution in [0.4, 0.5) is 0 Å².